The van der Waals surface area contributed by atoms with Crippen molar-refractivity contribution in [3.05, 3.63) is 53.1 Å². The molecule has 2 heterocycles. The number of benzene rings is 2. The highest BCUT2D eigenvalue weighted by Crippen LogP contribution is 2.33. The summed E-state index contributed by atoms with van der Waals surface area (Å²) in [7, 11) is 3.33. The third-order valence-corrected chi connectivity index (χ3v) is 5.63. The summed E-state index contributed by atoms with van der Waals surface area (Å²) in [4.78, 5) is 17.0. The monoisotopic (exact) mass is 366 g/mol. The van der Waals surface area contributed by atoms with Gasteiger partial charge in [-0.15, -0.1) is 0 Å². The first kappa shape index (κ1) is 17.9. The summed E-state index contributed by atoms with van der Waals surface area (Å²) in [6.45, 7) is 3.40. The van der Waals surface area contributed by atoms with Crippen LogP contribution in [0.25, 0.3) is 0 Å². The maximum atomic E-state index is 12.7. The lowest BCUT2D eigenvalue weighted by atomic mass is 9.98. The molecule has 0 atom stereocenters. The Kier molecular flexibility index (Phi) is 5.03. The van der Waals surface area contributed by atoms with Gasteiger partial charge in [-0.1, -0.05) is 18.2 Å². The van der Waals surface area contributed by atoms with Crippen molar-refractivity contribution in [3.63, 3.8) is 0 Å². The number of ether oxygens (including phenoxy) is 2. The van der Waals surface area contributed by atoms with Crippen molar-refractivity contribution in [2.75, 3.05) is 38.8 Å². The molecule has 0 radical (unpaired) electrons. The fourth-order valence-electron chi connectivity index (χ4n) is 4.12. The molecule has 2 aliphatic heterocycles. The number of methoxy groups -OCH3 is 2. The third kappa shape index (κ3) is 3.52. The molecule has 0 bridgehead atoms. The fourth-order valence-corrected chi connectivity index (χ4v) is 4.12. The first-order chi connectivity index (χ1) is 13.2. The molecule has 1 amide bonds. The van der Waals surface area contributed by atoms with Crippen LogP contribution in [0.3, 0.4) is 0 Å². The number of anilines is 1. The van der Waals surface area contributed by atoms with Crippen molar-refractivity contribution in [2.24, 2.45) is 0 Å². The number of carbonyl (C=O) groups excluding carboxylic acids is 1. The van der Waals surface area contributed by atoms with Crippen LogP contribution in [0.5, 0.6) is 11.5 Å². The fraction of sp³-hybridized carbons (Fsp3) is 0.409. The second-order valence-electron chi connectivity index (χ2n) is 7.18. The number of nitrogens with zero attached hydrogens (tertiary/aromatic N) is 2. The van der Waals surface area contributed by atoms with E-state index in [-0.39, 0.29) is 5.91 Å². The van der Waals surface area contributed by atoms with E-state index in [4.69, 9.17) is 9.47 Å². The minimum Gasteiger partial charge on any atom is -0.493 e. The molecular weight excluding hydrogens is 340 g/mol. The summed E-state index contributed by atoms with van der Waals surface area (Å²) in [5, 5.41) is 0. The van der Waals surface area contributed by atoms with E-state index in [2.05, 4.69) is 29.2 Å². The van der Waals surface area contributed by atoms with Gasteiger partial charge in [0, 0.05) is 38.3 Å². The predicted octanol–water partition coefficient (Wildman–Crippen LogP) is 3.04. The lowest BCUT2D eigenvalue weighted by molar-refractivity contribution is -0.118. The summed E-state index contributed by atoms with van der Waals surface area (Å²) in [6, 6.07) is 12.4. The zero-order valence-corrected chi connectivity index (χ0v) is 16.0. The first-order valence-corrected chi connectivity index (χ1v) is 9.54. The summed E-state index contributed by atoms with van der Waals surface area (Å²) < 4.78 is 10.8. The van der Waals surface area contributed by atoms with Gasteiger partial charge in [0.2, 0.25) is 5.91 Å². The van der Waals surface area contributed by atoms with Gasteiger partial charge in [0.05, 0.1) is 14.2 Å². The second-order valence-corrected chi connectivity index (χ2v) is 7.18. The molecule has 2 aromatic rings. The molecule has 27 heavy (non-hydrogen) atoms. The highest BCUT2D eigenvalue weighted by molar-refractivity contribution is 5.95. The Bertz CT molecular complexity index is 849. The maximum Gasteiger partial charge on any atom is 0.228 e. The van der Waals surface area contributed by atoms with E-state index in [0.29, 0.717) is 6.42 Å². The van der Waals surface area contributed by atoms with Gasteiger partial charge in [-0.25, -0.2) is 0 Å². The van der Waals surface area contributed by atoms with E-state index in [9.17, 15) is 4.79 Å². The Hall–Kier alpha value is -2.53. The number of hydrogen-bond acceptors (Lipinski definition) is 4. The molecule has 5 heteroatoms. The number of amides is 1. The minimum absolute atomic E-state index is 0.220. The predicted molar refractivity (Wildman–Crippen MR) is 106 cm³/mol. The molecule has 0 saturated heterocycles. The average molecular weight is 366 g/mol. The van der Waals surface area contributed by atoms with E-state index in [1.807, 2.05) is 17.0 Å². The molecular formula is C22H26N2O3. The SMILES string of the molecule is COc1cc2c(cc1OC)CN(CCC(=O)N1CCc3ccccc31)CC2. The molecule has 0 fully saturated rings. The van der Waals surface area contributed by atoms with E-state index in [0.717, 1.165) is 56.2 Å². The van der Waals surface area contributed by atoms with Crippen molar-refractivity contribution in [1.82, 2.24) is 4.90 Å². The van der Waals surface area contributed by atoms with E-state index in [1.54, 1.807) is 14.2 Å². The molecule has 2 aliphatic rings. The summed E-state index contributed by atoms with van der Waals surface area (Å²) in [6.07, 6.45) is 2.48. The maximum absolute atomic E-state index is 12.7. The topological polar surface area (TPSA) is 42.0 Å². The summed E-state index contributed by atoms with van der Waals surface area (Å²) in [5.41, 5.74) is 4.93. The van der Waals surface area contributed by atoms with Crippen LogP contribution in [0, 0.1) is 0 Å². The van der Waals surface area contributed by atoms with Gasteiger partial charge in [0.1, 0.15) is 0 Å². The number of carbonyl (C=O) groups is 1. The smallest absolute Gasteiger partial charge is 0.228 e. The molecule has 0 aliphatic carbocycles. The Labute approximate surface area is 160 Å². The van der Waals surface area contributed by atoms with Crippen molar-refractivity contribution in [2.45, 2.75) is 25.8 Å². The Morgan fingerprint density at radius 3 is 2.44 bits per heavy atom. The van der Waals surface area contributed by atoms with Gasteiger partial charge < -0.3 is 14.4 Å². The van der Waals surface area contributed by atoms with Crippen molar-refractivity contribution < 1.29 is 14.3 Å². The molecule has 0 saturated carbocycles. The number of fused-ring (bicyclic) bond motifs is 2. The van der Waals surface area contributed by atoms with Crippen LogP contribution in [0.2, 0.25) is 0 Å². The molecule has 4 rings (SSSR count). The van der Waals surface area contributed by atoms with E-state index >= 15 is 0 Å². The van der Waals surface area contributed by atoms with Crippen LogP contribution in [0.4, 0.5) is 5.69 Å². The number of hydrogen-bond donors (Lipinski definition) is 0. The zero-order chi connectivity index (χ0) is 18.8. The van der Waals surface area contributed by atoms with E-state index < -0.39 is 0 Å². The molecule has 0 unspecified atom stereocenters. The van der Waals surface area contributed by atoms with Crippen LogP contribution >= 0.6 is 0 Å². The van der Waals surface area contributed by atoms with Crippen LogP contribution in [0.1, 0.15) is 23.1 Å². The van der Waals surface area contributed by atoms with Crippen LogP contribution in [-0.4, -0.2) is 44.7 Å². The van der Waals surface area contributed by atoms with Crippen molar-refractivity contribution in [3.8, 4) is 11.5 Å². The van der Waals surface area contributed by atoms with Crippen molar-refractivity contribution in [1.29, 1.82) is 0 Å². The van der Waals surface area contributed by atoms with E-state index in [1.165, 1.54) is 16.7 Å². The Morgan fingerprint density at radius 1 is 0.963 bits per heavy atom. The molecule has 0 N–H and O–H groups in total. The number of rotatable bonds is 5. The van der Waals surface area contributed by atoms with Gasteiger partial charge in [0.25, 0.3) is 0 Å². The molecule has 142 valence electrons. The van der Waals surface area contributed by atoms with Gasteiger partial charge in [0.15, 0.2) is 11.5 Å². The minimum atomic E-state index is 0.220. The van der Waals surface area contributed by atoms with Crippen molar-refractivity contribution >= 4 is 11.6 Å². The van der Waals surface area contributed by atoms with Crippen LogP contribution in [-0.2, 0) is 24.2 Å². The first-order valence-electron chi connectivity index (χ1n) is 9.54. The largest absolute Gasteiger partial charge is 0.493 e. The van der Waals surface area contributed by atoms with Crippen LogP contribution in [0.15, 0.2) is 36.4 Å². The Balaban J connectivity index is 1.39. The Morgan fingerprint density at radius 2 is 1.67 bits per heavy atom. The second kappa shape index (κ2) is 7.61. The van der Waals surface area contributed by atoms with Gasteiger partial charge in [-0.05, 0) is 47.7 Å². The van der Waals surface area contributed by atoms with Gasteiger partial charge >= 0.3 is 0 Å². The van der Waals surface area contributed by atoms with Crippen LogP contribution < -0.4 is 14.4 Å². The number of para-hydroxylation sites is 1. The molecule has 2 aromatic carbocycles. The third-order valence-electron chi connectivity index (χ3n) is 5.63. The lowest BCUT2D eigenvalue weighted by Gasteiger charge is -2.30. The average Bonchev–Trinajstić information content (AvgIpc) is 3.15. The van der Waals surface area contributed by atoms with Gasteiger partial charge in [-0.3, -0.25) is 9.69 Å². The molecule has 0 aromatic heterocycles. The normalized spacial score (nSPS) is 16.0. The summed E-state index contributed by atoms with van der Waals surface area (Å²) in [5.74, 6) is 1.77. The highest BCUT2D eigenvalue weighted by Gasteiger charge is 2.25. The van der Waals surface area contributed by atoms with Gasteiger partial charge in [-0.2, -0.15) is 0 Å². The lowest BCUT2D eigenvalue weighted by Crippen LogP contribution is -2.36. The standard InChI is InChI=1S/C22H26N2O3/c1-26-20-13-17-7-10-23(15-18(17)14-21(20)27-2)11-9-22(25)24-12-8-16-5-3-4-6-19(16)24/h3-6,13-14H,7-12,15H2,1-2H3. The molecule has 5 nitrogen and oxygen atoms in total. The molecule has 0 spiro atoms. The zero-order valence-electron chi connectivity index (χ0n) is 16.0. The summed E-state index contributed by atoms with van der Waals surface area (Å²) >= 11 is 0. The quantitative estimate of drug-likeness (QED) is 0.816. The highest BCUT2D eigenvalue weighted by atomic mass is 16.5.